The third-order valence-electron chi connectivity index (χ3n) is 3.90. The third kappa shape index (κ3) is 2.75. The second-order valence-electron chi connectivity index (χ2n) is 5.28. The van der Waals surface area contributed by atoms with Crippen molar-refractivity contribution in [1.82, 2.24) is 4.98 Å². The first-order valence-electron chi connectivity index (χ1n) is 6.99. The number of Topliss-reactive ketones (excluding diaryl/α,β-unsaturated/α-hetero) is 1. The van der Waals surface area contributed by atoms with Gasteiger partial charge >= 0.3 is 0 Å². The second-order valence-corrected chi connectivity index (χ2v) is 6.12. The third-order valence-corrected chi connectivity index (χ3v) is 4.88. The largest absolute Gasteiger partial charge is 0.348 e. The van der Waals surface area contributed by atoms with Gasteiger partial charge < -0.3 is 4.90 Å². The Morgan fingerprint density at radius 1 is 1.35 bits per heavy atom. The maximum atomic E-state index is 12.1. The van der Waals surface area contributed by atoms with Crippen LogP contribution in [0.2, 0.25) is 0 Å². The zero-order valence-corrected chi connectivity index (χ0v) is 12.4. The topological polar surface area (TPSA) is 33.2 Å². The molecule has 0 radical (unpaired) electrons. The Kier molecular flexibility index (Phi) is 3.83. The summed E-state index contributed by atoms with van der Waals surface area (Å²) in [6.07, 6.45) is 4.22. The van der Waals surface area contributed by atoms with Gasteiger partial charge in [-0.1, -0.05) is 30.3 Å². The maximum Gasteiger partial charge on any atom is 0.185 e. The van der Waals surface area contributed by atoms with Crippen LogP contribution in [0.4, 0.5) is 5.13 Å². The van der Waals surface area contributed by atoms with Crippen molar-refractivity contribution in [3.63, 3.8) is 0 Å². The minimum atomic E-state index is 0.133. The molecule has 0 unspecified atom stereocenters. The number of aromatic nitrogens is 1. The molecule has 1 saturated carbocycles. The Morgan fingerprint density at radius 3 is 2.75 bits per heavy atom. The van der Waals surface area contributed by atoms with Crippen LogP contribution in [0.3, 0.4) is 0 Å². The number of carbonyl (C=O) groups is 1. The lowest BCUT2D eigenvalue weighted by Crippen LogP contribution is -2.37. The van der Waals surface area contributed by atoms with E-state index in [9.17, 15) is 4.79 Å². The van der Waals surface area contributed by atoms with E-state index in [-0.39, 0.29) is 5.78 Å². The van der Waals surface area contributed by atoms with Gasteiger partial charge in [-0.3, -0.25) is 4.79 Å². The fourth-order valence-corrected chi connectivity index (χ4v) is 3.22. The summed E-state index contributed by atoms with van der Waals surface area (Å²) in [6.45, 7) is 0. The normalized spacial score (nSPS) is 14.8. The summed E-state index contributed by atoms with van der Waals surface area (Å²) in [5.74, 6) is 0.133. The molecule has 1 aromatic heterocycles. The van der Waals surface area contributed by atoms with E-state index in [4.69, 9.17) is 0 Å². The van der Waals surface area contributed by atoms with E-state index in [1.54, 1.807) is 11.3 Å². The summed E-state index contributed by atoms with van der Waals surface area (Å²) in [6, 6.07) is 10.1. The summed E-state index contributed by atoms with van der Waals surface area (Å²) >= 11 is 1.64. The number of thiazole rings is 1. The molecule has 1 fully saturated rings. The van der Waals surface area contributed by atoms with Crippen LogP contribution in [-0.2, 0) is 6.42 Å². The average Bonchev–Trinajstić information content (AvgIpc) is 2.86. The van der Waals surface area contributed by atoms with Crippen molar-refractivity contribution in [3.05, 3.63) is 47.0 Å². The standard InChI is InChI=1S/C16H18N2OS/c1-18(14-8-5-9-14)16-17-13(11-20-16)10-15(19)12-6-3-2-4-7-12/h2-4,6-7,11,14H,5,8-10H2,1H3. The smallest absolute Gasteiger partial charge is 0.185 e. The first-order valence-corrected chi connectivity index (χ1v) is 7.87. The van der Waals surface area contributed by atoms with E-state index in [0.29, 0.717) is 12.5 Å². The molecule has 3 nitrogen and oxygen atoms in total. The second kappa shape index (κ2) is 5.75. The molecule has 0 bridgehead atoms. The minimum absolute atomic E-state index is 0.133. The molecular weight excluding hydrogens is 268 g/mol. The Balaban J connectivity index is 1.66. The highest BCUT2D eigenvalue weighted by Crippen LogP contribution is 2.30. The molecule has 0 amide bonds. The number of hydrogen-bond donors (Lipinski definition) is 0. The van der Waals surface area contributed by atoms with Crippen LogP contribution in [-0.4, -0.2) is 23.9 Å². The highest BCUT2D eigenvalue weighted by molar-refractivity contribution is 7.13. The van der Waals surface area contributed by atoms with Crippen LogP contribution in [0, 0.1) is 0 Å². The van der Waals surface area contributed by atoms with E-state index >= 15 is 0 Å². The molecule has 1 aliphatic rings. The van der Waals surface area contributed by atoms with Crippen LogP contribution in [0.25, 0.3) is 0 Å². The summed E-state index contributed by atoms with van der Waals surface area (Å²) in [4.78, 5) is 19.0. The molecule has 104 valence electrons. The predicted octanol–water partition coefficient (Wildman–Crippen LogP) is 3.56. The van der Waals surface area contributed by atoms with E-state index < -0.39 is 0 Å². The van der Waals surface area contributed by atoms with Gasteiger partial charge in [0, 0.05) is 24.0 Å². The van der Waals surface area contributed by atoms with Gasteiger partial charge in [0.05, 0.1) is 12.1 Å². The lowest BCUT2D eigenvalue weighted by atomic mass is 9.92. The van der Waals surface area contributed by atoms with Crippen molar-refractivity contribution < 1.29 is 4.79 Å². The van der Waals surface area contributed by atoms with Crippen molar-refractivity contribution in [1.29, 1.82) is 0 Å². The van der Waals surface area contributed by atoms with Gasteiger partial charge in [-0.05, 0) is 19.3 Å². The molecule has 1 aliphatic carbocycles. The van der Waals surface area contributed by atoms with Crippen LogP contribution < -0.4 is 4.90 Å². The van der Waals surface area contributed by atoms with Crippen molar-refractivity contribution in [3.8, 4) is 0 Å². The van der Waals surface area contributed by atoms with Gasteiger partial charge in [0.2, 0.25) is 0 Å². The highest BCUT2D eigenvalue weighted by atomic mass is 32.1. The van der Waals surface area contributed by atoms with Gasteiger partial charge in [-0.15, -0.1) is 11.3 Å². The van der Waals surface area contributed by atoms with Crippen LogP contribution in [0.1, 0.15) is 35.3 Å². The first kappa shape index (κ1) is 13.3. The highest BCUT2D eigenvalue weighted by Gasteiger charge is 2.24. The Bertz CT molecular complexity index is 590. The minimum Gasteiger partial charge on any atom is -0.348 e. The Hall–Kier alpha value is -1.68. The number of carbonyl (C=O) groups excluding carboxylic acids is 1. The fourth-order valence-electron chi connectivity index (χ4n) is 2.36. The van der Waals surface area contributed by atoms with Crippen LogP contribution >= 0.6 is 11.3 Å². The van der Waals surface area contributed by atoms with Crippen molar-refractivity contribution >= 4 is 22.3 Å². The summed E-state index contributed by atoms with van der Waals surface area (Å²) < 4.78 is 0. The molecule has 3 rings (SSSR count). The summed E-state index contributed by atoms with van der Waals surface area (Å²) in [7, 11) is 2.10. The molecule has 0 aliphatic heterocycles. The molecular formula is C16H18N2OS. The number of rotatable bonds is 5. The quantitative estimate of drug-likeness (QED) is 0.788. The zero-order chi connectivity index (χ0) is 13.9. The molecule has 2 aromatic rings. The summed E-state index contributed by atoms with van der Waals surface area (Å²) in [5, 5.41) is 3.04. The van der Waals surface area contributed by atoms with Crippen molar-refractivity contribution in [2.75, 3.05) is 11.9 Å². The van der Waals surface area contributed by atoms with Crippen molar-refractivity contribution in [2.45, 2.75) is 31.7 Å². The number of nitrogens with zero attached hydrogens (tertiary/aromatic N) is 2. The monoisotopic (exact) mass is 286 g/mol. The Morgan fingerprint density at radius 2 is 2.10 bits per heavy atom. The van der Waals surface area contributed by atoms with Gasteiger partial charge in [-0.25, -0.2) is 4.98 Å². The van der Waals surface area contributed by atoms with Gasteiger partial charge in [-0.2, -0.15) is 0 Å². The molecule has 0 atom stereocenters. The first-order chi connectivity index (χ1) is 9.74. The van der Waals surface area contributed by atoms with Gasteiger partial charge in [0.15, 0.2) is 10.9 Å². The summed E-state index contributed by atoms with van der Waals surface area (Å²) in [5.41, 5.74) is 1.64. The molecule has 0 saturated heterocycles. The number of ketones is 1. The van der Waals surface area contributed by atoms with Crippen LogP contribution in [0.5, 0.6) is 0 Å². The fraction of sp³-hybridized carbons (Fsp3) is 0.375. The predicted molar refractivity (Wildman–Crippen MR) is 82.6 cm³/mol. The average molecular weight is 286 g/mol. The molecule has 0 N–H and O–H groups in total. The number of hydrogen-bond acceptors (Lipinski definition) is 4. The van der Waals surface area contributed by atoms with E-state index in [1.807, 2.05) is 35.7 Å². The lowest BCUT2D eigenvalue weighted by Gasteiger charge is -2.34. The molecule has 20 heavy (non-hydrogen) atoms. The van der Waals surface area contributed by atoms with Gasteiger partial charge in [0.1, 0.15) is 0 Å². The number of anilines is 1. The molecule has 1 heterocycles. The van der Waals surface area contributed by atoms with E-state index in [0.717, 1.165) is 16.4 Å². The Labute approximate surface area is 123 Å². The molecule has 0 spiro atoms. The van der Waals surface area contributed by atoms with E-state index in [1.165, 1.54) is 19.3 Å². The van der Waals surface area contributed by atoms with Crippen molar-refractivity contribution in [2.24, 2.45) is 0 Å². The SMILES string of the molecule is CN(c1nc(CC(=O)c2ccccc2)cs1)C1CCC1. The lowest BCUT2D eigenvalue weighted by molar-refractivity contribution is 0.0992. The van der Waals surface area contributed by atoms with E-state index in [2.05, 4.69) is 16.9 Å². The molecule has 1 aromatic carbocycles. The van der Waals surface area contributed by atoms with Gasteiger partial charge in [0.25, 0.3) is 0 Å². The number of benzene rings is 1. The zero-order valence-electron chi connectivity index (χ0n) is 11.6. The maximum absolute atomic E-state index is 12.1. The van der Waals surface area contributed by atoms with Crippen LogP contribution in [0.15, 0.2) is 35.7 Å². The molecule has 4 heteroatoms.